The molecule has 0 aliphatic carbocycles. The quantitative estimate of drug-likeness (QED) is 0.586. The average molecular weight is 182 g/mol. The highest BCUT2D eigenvalue weighted by Crippen LogP contribution is 2.02. The van der Waals surface area contributed by atoms with E-state index in [4.69, 9.17) is 5.26 Å². The van der Waals surface area contributed by atoms with E-state index in [2.05, 4.69) is 25.2 Å². The van der Waals surface area contributed by atoms with Crippen molar-refractivity contribution in [3.8, 4) is 6.07 Å². The van der Waals surface area contributed by atoms with Crippen molar-refractivity contribution in [1.29, 1.82) is 5.26 Å². The van der Waals surface area contributed by atoms with Crippen molar-refractivity contribution in [3.05, 3.63) is 0 Å². The second-order valence-electron chi connectivity index (χ2n) is 3.71. The van der Waals surface area contributed by atoms with Crippen molar-refractivity contribution in [2.45, 2.75) is 46.0 Å². The molecule has 0 aliphatic heterocycles. The summed E-state index contributed by atoms with van der Waals surface area (Å²) < 4.78 is 0. The van der Waals surface area contributed by atoms with Gasteiger partial charge in [-0.25, -0.2) is 0 Å². The summed E-state index contributed by atoms with van der Waals surface area (Å²) in [5.41, 5.74) is 0. The lowest BCUT2D eigenvalue weighted by molar-refractivity contribution is 0.471. The monoisotopic (exact) mass is 182 g/mol. The van der Waals surface area contributed by atoms with Gasteiger partial charge in [0.15, 0.2) is 0 Å². The van der Waals surface area contributed by atoms with E-state index in [0.29, 0.717) is 6.42 Å². The van der Waals surface area contributed by atoms with E-state index >= 15 is 0 Å². The van der Waals surface area contributed by atoms with Gasteiger partial charge in [-0.3, -0.25) is 0 Å². The molecular weight excluding hydrogens is 160 g/mol. The first-order valence-corrected chi connectivity index (χ1v) is 5.39. The molecule has 2 heteroatoms. The minimum atomic E-state index is 0.701. The van der Waals surface area contributed by atoms with E-state index in [9.17, 15) is 0 Å². The Kier molecular flexibility index (Phi) is 9.13. The van der Waals surface area contributed by atoms with Crippen LogP contribution < -0.4 is 5.32 Å². The first-order valence-electron chi connectivity index (χ1n) is 5.39. The highest BCUT2D eigenvalue weighted by Gasteiger charge is 1.98. The second-order valence-corrected chi connectivity index (χ2v) is 3.71. The Balaban J connectivity index is 3.03. The van der Waals surface area contributed by atoms with E-state index in [1.54, 1.807) is 0 Å². The first kappa shape index (κ1) is 12.4. The summed E-state index contributed by atoms with van der Waals surface area (Å²) in [7, 11) is 0. The zero-order chi connectivity index (χ0) is 9.94. The fourth-order valence-corrected chi connectivity index (χ4v) is 1.40. The molecule has 0 rings (SSSR count). The Morgan fingerprint density at radius 2 is 2.15 bits per heavy atom. The van der Waals surface area contributed by atoms with Gasteiger partial charge in [0.05, 0.1) is 6.07 Å². The van der Waals surface area contributed by atoms with Gasteiger partial charge in [-0.2, -0.15) is 5.26 Å². The minimum absolute atomic E-state index is 0.701. The van der Waals surface area contributed by atoms with E-state index in [1.807, 2.05) is 0 Å². The molecule has 0 heterocycles. The van der Waals surface area contributed by atoms with Crippen LogP contribution in [-0.2, 0) is 0 Å². The van der Waals surface area contributed by atoms with Gasteiger partial charge >= 0.3 is 0 Å². The molecule has 1 atom stereocenters. The van der Waals surface area contributed by atoms with Gasteiger partial charge in [0.2, 0.25) is 0 Å². The van der Waals surface area contributed by atoms with Crippen LogP contribution in [0, 0.1) is 17.2 Å². The number of unbranched alkanes of at least 4 members (excludes halogenated alkanes) is 2. The SMILES string of the molecule is CCCC(C)CNCCCCC#N. The van der Waals surface area contributed by atoms with Crippen LogP contribution in [0.1, 0.15) is 46.0 Å². The van der Waals surface area contributed by atoms with E-state index in [-0.39, 0.29) is 0 Å². The van der Waals surface area contributed by atoms with Crippen LogP contribution in [0.3, 0.4) is 0 Å². The van der Waals surface area contributed by atoms with Gasteiger partial charge < -0.3 is 5.32 Å². The van der Waals surface area contributed by atoms with Crippen LogP contribution in [0.15, 0.2) is 0 Å². The summed E-state index contributed by atoms with van der Waals surface area (Å²) >= 11 is 0. The predicted octanol–water partition coefficient (Wildman–Crippen LogP) is 2.71. The molecule has 76 valence electrons. The molecule has 2 nitrogen and oxygen atoms in total. The zero-order valence-electron chi connectivity index (χ0n) is 8.97. The molecule has 0 saturated heterocycles. The maximum atomic E-state index is 8.31. The van der Waals surface area contributed by atoms with Crippen LogP contribution in [0.5, 0.6) is 0 Å². The molecule has 0 aliphatic rings. The summed E-state index contributed by atoms with van der Waals surface area (Å²) in [6.07, 6.45) is 5.45. The molecular formula is C11H22N2. The maximum Gasteiger partial charge on any atom is 0.0621 e. The summed E-state index contributed by atoms with van der Waals surface area (Å²) in [4.78, 5) is 0. The fourth-order valence-electron chi connectivity index (χ4n) is 1.40. The summed E-state index contributed by atoms with van der Waals surface area (Å²) in [6.45, 7) is 6.70. The highest BCUT2D eigenvalue weighted by molar-refractivity contribution is 4.68. The third-order valence-electron chi connectivity index (χ3n) is 2.17. The Morgan fingerprint density at radius 1 is 1.38 bits per heavy atom. The van der Waals surface area contributed by atoms with Crippen LogP contribution in [-0.4, -0.2) is 13.1 Å². The largest absolute Gasteiger partial charge is 0.316 e. The van der Waals surface area contributed by atoms with Crippen molar-refractivity contribution in [3.63, 3.8) is 0 Å². The second kappa shape index (κ2) is 9.54. The van der Waals surface area contributed by atoms with Crippen LogP contribution in [0.4, 0.5) is 0 Å². The lowest BCUT2D eigenvalue weighted by atomic mass is 10.1. The molecule has 1 unspecified atom stereocenters. The van der Waals surface area contributed by atoms with Crippen molar-refractivity contribution >= 4 is 0 Å². The van der Waals surface area contributed by atoms with Gasteiger partial charge in [0.1, 0.15) is 0 Å². The standard InChI is InChI=1S/C11H22N2/c1-3-7-11(2)10-13-9-6-4-5-8-12/h11,13H,3-7,9-10H2,1-2H3. The number of hydrogen-bond donors (Lipinski definition) is 1. The molecule has 0 radical (unpaired) electrons. The number of hydrogen-bond acceptors (Lipinski definition) is 2. The molecule has 0 aromatic carbocycles. The van der Waals surface area contributed by atoms with E-state index in [1.165, 1.54) is 12.8 Å². The smallest absolute Gasteiger partial charge is 0.0621 e. The Bertz CT molecular complexity index is 138. The predicted molar refractivity (Wildman–Crippen MR) is 56.4 cm³/mol. The van der Waals surface area contributed by atoms with Crippen LogP contribution in [0.25, 0.3) is 0 Å². The lowest BCUT2D eigenvalue weighted by Crippen LogP contribution is -2.22. The average Bonchev–Trinajstić information content (AvgIpc) is 2.11. The van der Waals surface area contributed by atoms with Gasteiger partial charge in [-0.05, 0) is 38.3 Å². The molecule has 13 heavy (non-hydrogen) atoms. The zero-order valence-corrected chi connectivity index (χ0v) is 8.97. The number of rotatable bonds is 8. The topological polar surface area (TPSA) is 35.8 Å². The highest BCUT2D eigenvalue weighted by atomic mass is 14.8. The summed E-state index contributed by atoms with van der Waals surface area (Å²) in [5.74, 6) is 0.793. The number of nitriles is 1. The molecule has 0 fully saturated rings. The maximum absolute atomic E-state index is 8.31. The fraction of sp³-hybridized carbons (Fsp3) is 0.909. The molecule has 0 spiro atoms. The molecule has 0 bridgehead atoms. The van der Waals surface area contributed by atoms with Crippen molar-refractivity contribution in [2.75, 3.05) is 13.1 Å². The van der Waals surface area contributed by atoms with Crippen molar-refractivity contribution in [2.24, 2.45) is 5.92 Å². The Morgan fingerprint density at radius 3 is 2.77 bits per heavy atom. The van der Waals surface area contributed by atoms with Crippen LogP contribution in [0.2, 0.25) is 0 Å². The summed E-state index contributed by atoms with van der Waals surface area (Å²) in [5, 5.41) is 11.7. The van der Waals surface area contributed by atoms with Gasteiger partial charge in [-0.1, -0.05) is 20.3 Å². The third kappa shape index (κ3) is 9.36. The van der Waals surface area contributed by atoms with E-state index < -0.39 is 0 Å². The number of nitrogens with one attached hydrogen (secondary N) is 1. The van der Waals surface area contributed by atoms with Crippen molar-refractivity contribution < 1.29 is 0 Å². The van der Waals surface area contributed by atoms with Crippen molar-refractivity contribution in [1.82, 2.24) is 5.32 Å². The molecule has 0 aromatic rings. The molecule has 0 saturated carbocycles. The minimum Gasteiger partial charge on any atom is -0.316 e. The molecule has 0 amide bonds. The molecule has 0 aromatic heterocycles. The van der Waals surface area contributed by atoms with E-state index in [0.717, 1.165) is 31.8 Å². The van der Waals surface area contributed by atoms with Gasteiger partial charge in [0.25, 0.3) is 0 Å². The van der Waals surface area contributed by atoms with Gasteiger partial charge in [-0.15, -0.1) is 0 Å². The lowest BCUT2D eigenvalue weighted by Gasteiger charge is -2.10. The Labute approximate surface area is 82.3 Å². The summed E-state index contributed by atoms with van der Waals surface area (Å²) in [6, 6.07) is 2.16. The number of nitrogens with zero attached hydrogens (tertiary/aromatic N) is 1. The normalized spacial score (nSPS) is 12.4. The van der Waals surface area contributed by atoms with Gasteiger partial charge in [0, 0.05) is 6.42 Å². The first-order chi connectivity index (χ1) is 6.31. The Hall–Kier alpha value is -0.550. The third-order valence-corrected chi connectivity index (χ3v) is 2.17. The van der Waals surface area contributed by atoms with Crippen LogP contribution >= 0.6 is 0 Å². The molecule has 1 N–H and O–H groups in total.